The minimum atomic E-state index is -4.65. The third-order valence-corrected chi connectivity index (χ3v) is 4.64. The number of hydrogen-bond acceptors (Lipinski definition) is 2. The third kappa shape index (κ3) is 3.02. The Hall–Kier alpha value is -1.43. The fourth-order valence-electron chi connectivity index (χ4n) is 3.67. The molecule has 1 N–H and O–H groups in total. The third-order valence-electron chi connectivity index (χ3n) is 4.64. The summed E-state index contributed by atoms with van der Waals surface area (Å²) in [6.45, 7) is 0. The van der Waals surface area contributed by atoms with Crippen molar-refractivity contribution in [1.82, 2.24) is 5.32 Å². The van der Waals surface area contributed by atoms with E-state index in [0.717, 1.165) is 31.4 Å². The van der Waals surface area contributed by atoms with E-state index < -0.39 is 34.8 Å². The summed E-state index contributed by atoms with van der Waals surface area (Å²) in [6, 6.07) is 2.50. The molecule has 0 amide bonds. The van der Waals surface area contributed by atoms with Gasteiger partial charge >= 0.3 is 6.18 Å². The van der Waals surface area contributed by atoms with Gasteiger partial charge in [0, 0.05) is 23.6 Å². The number of Topliss-reactive ketones (excluding diaryl/α,β-unsaturated/α-hetero) is 1. The van der Waals surface area contributed by atoms with Gasteiger partial charge in [-0.3, -0.25) is 4.79 Å². The largest absolute Gasteiger partial charge is 0.417 e. The number of nitrogens with one attached hydrogen (secondary N) is 1. The predicted octanol–water partition coefficient (Wildman–Crippen LogP) is 3.95. The van der Waals surface area contributed by atoms with Gasteiger partial charge in [0.2, 0.25) is 0 Å². The van der Waals surface area contributed by atoms with E-state index in [2.05, 4.69) is 5.32 Å². The van der Waals surface area contributed by atoms with Crippen molar-refractivity contribution in [2.75, 3.05) is 0 Å². The average Bonchev–Trinajstić information content (AvgIpc) is 2.44. The maximum absolute atomic E-state index is 13.4. The Balaban J connectivity index is 1.90. The zero-order valence-corrected chi connectivity index (χ0v) is 11.9. The molecule has 2 bridgehead atoms. The topological polar surface area (TPSA) is 29.1 Å². The van der Waals surface area contributed by atoms with E-state index >= 15 is 0 Å². The lowest BCUT2D eigenvalue weighted by molar-refractivity contribution is -0.138. The number of benzene rings is 1. The highest BCUT2D eigenvalue weighted by Crippen LogP contribution is 2.36. The second kappa shape index (κ2) is 5.65. The summed E-state index contributed by atoms with van der Waals surface area (Å²) >= 11 is 0. The first kappa shape index (κ1) is 15.5. The summed E-state index contributed by atoms with van der Waals surface area (Å²) in [4.78, 5) is 12.6. The van der Waals surface area contributed by atoms with Gasteiger partial charge in [0.15, 0.2) is 5.78 Å². The van der Waals surface area contributed by atoms with Crippen molar-refractivity contribution in [3.8, 4) is 0 Å². The quantitative estimate of drug-likeness (QED) is 0.661. The van der Waals surface area contributed by atoms with E-state index in [9.17, 15) is 22.4 Å². The molecule has 0 saturated carbocycles. The van der Waals surface area contributed by atoms with Gasteiger partial charge in [0.1, 0.15) is 5.82 Å². The van der Waals surface area contributed by atoms with Crippen LogP contribution >= 0.6 is 0 Å². The van der Waals surface area contributed by atoms with Crippen LogP contribution in [0.3, 0.4) is 0 Å². The normalized spacial score (nSPS) is 28.5. The fourth-order valence-corrected chi connectivity index (χ4v) is 3.67. The van der Waals surface area contributed by atoms with E-state index in [-0.39, 0.29) is 12.1 Å². The number of carbonyl (C=O) groups excluding carboxylic acids is 1. The van der Waals surface area contributed by atoms with Crippen LogP contribution in [-0.2, 0) is 6.18 Å². The molecule has 6 heteroatoms. The maximum Gasteiger partial charge on any atom is 0.417 e. The molecule has 1 aromatic rings. The Kier molecular flexibility index (Phi) is 3.97. The van der Waals surface area contributed by atoms with Gasteiger partial charge < -0.3 is 5.32 Å². The minimum Gasteiger partial charge on any atom is -0.311 e. The van der Waals surface area contributed by atoms with Crippen molar-refractivity contribution < 1.29 is 22.4 Å². The lowest BCUT2D eigenvalue weighted by Gasteiger charge is -2.40. The number of alkyl halides is 3. The van der Waals surface area contributed by atoms with Crippen LogP contribution in [0.4, 0.5) is 17.6 Å². The summed E-state index contributed by atoms with van der Waals surface area (Å²) < 4.78 is 52.5. The van der Waals surface area contributed by atoms with Crippen molar-refractivity contribution >= 4 is 5.78 Å². The lowest BCUT2D eigenvalue weighted by atomic mass is 9.76. The van der Waals surface area contributed by atoms with E-state index in [1.54, 1.807) is 0 Å². The molecular formula is C16H17F4NO. The van der Waals surface area contributed by atoms with Gasteiger partial charge in [-0.25, -0.2) is 4.39 Å². The number of hydrogen-bond donors (Lipinski definition) is 1. The maximum atomic E-state index is 13.4. The first-order chi connectivity index (χ1) is 10.3. The zero-order chi connectivity index (χ0) is 15.9. The average molecular weight is 315 g/mol. The Labute approximate surface area is 125 Å². The van der Waals surface area contributed by atoms with Crippen molar-refractivity contribution in [1.29, 1.82) is 0 Å². The first-order valence-corrected chi connectivity index (χ1v) is 7.51. The molecule has 2 aliphatic rings. The number of carbonyl (C=O) groups is 1. The molecule has 0 radical (unpaired) electrons. The molecule has 2 saturated heterocycles. The van der Waals surface area contributed by atoms with Crippen LogP contribution in [0.15, 0.2) is 18.2 Å². The molecule has 3 rings (SSSR count). The van der Waals surface area contributed by atoms with Gasteiger partial charge in [0.05, 0.1) is 5.56 Å². The van der Waals surface area contributed by atoms with Gasteiger partial charge in [-0.05, 0) is 43.9 Å². The molecule has 2 nitrogen and oxygen atoms in total. The number of ketones is 1. The SMILES string of the molecule is O=C(c1cc(F)ccc1C(F)(F)F)C1CC2CCCC(C1)N2. The van der Waals surface area contributed by atoms with Crippen molar-refractivity contribution in [2.24, 2.45) is 5.92 Å². The Morgan fingerprint density at radius 2 is 1.77 bits per heavy atom. The smallest absolute Gasteiger partial charge is 0.311 e. The molecule has 2 unspecified atom stereocenters. The minimum absolute atomic E-state index is 0.185. The van der Waals surface area contributed by atoms with E-state index in [1.807, 2.05) is 0 Å². The van der Waals surface area contributed by atoms with Gasteiger partial charge in [-0.2, -0.15) is 13.2 Å². The van der Waals surface area contributed by atoms with Crippen LogP contribution in [0.2, 0.25) is 0 Å². The highest BCUT2D eigenvalue weighted by atomic mass is 19.4. The number of fused-ring (bicyclic) bond motifs is 2. The molecule has 22 heavy (non-hydrogen) atoms. The standard InChI is InChI=1S/C16H17F4NO/c17-10-4-5-14(16(18,19)20)13(8-10)15(22)9-6-11-2-1-3-12(7-9)21-11/h4-5,8-9,11-12,21H,1-3,6-7H2. The molecule has 120 valence electrons. The second-order valence-electron chi connectivity index (χ2n) is 6.21. The van der Waals surface area contributed by atoms with E-state index in [4.69, 9.17) is 0 Å². The second-order valence-corrected chi connectivity index (χ2v) is 6.21. The van der Waals surface area contributed by atoms with Crippen molar-refractivity contribution in [2.45, 2.75) is 50.4 Å². The number of piperidine rings is 2. The molecule has 2 atom stereocenters. The summed E-state index contributed by atoms with van der Waals surface area (Å²) in [5, 5.41) is 3.40. The van der Waals surface area contributed by atoms with Crippen molar-refractivity contribution in [3.63, 3.8) is 0 Å². The first-order valence-electron chi connectivity index (χ1n) is 7.51. The van der Waals surface area contributed by atoms with Crippen molar-refractivity contribution in [3.05, 3.63) is 35.1 Å². The number of halogens is 4. The highest BCUT2D eigenvalue weighted by molar-refractivity contribution is 5.99. The molecular weight excluding hydrogens is 298 g/mol. The Bertz CT molecular complexity index is 572. The Morgan fingerprint density at radius 1 is 1.14 bits per heavy atom. The van der Waals surface area contributed by atoms with Gasteiger partial charge in [-0.1, -0.05) is 6.42 Å². The molecule has 0 spiro atoms. The fraction of sp³-hybridized carbons (Fsp3) is 0.562. The van der Waals surface area contributed by atoms with Gasteiger partial charge in [0.25, 0.3) is 0 Å². The summed E-state index contributed by atoms with van der Waals surface area (Å²) in [6.07, 6.45) is -0.629. The van der Waals surface area contributed by atoms with Crippen LogP contribution < -0.4 is 5.32 Å². The Morgan fingerprint density at radius 3 is 2.36 bits per heavy atom. The van der Waals surface area contributed by atoms with Crippen LogP contribution in [0.25, 0.3) is 0 Å². The van der Waals surface area contributed by atoms with Crippen LogP contribution in [0, 0.1) is 11.7 Å². The van der Waals surface area contributed by atoms with Crippen LogP contribution in [0.5, 0.6) is 0 Å². The molecule has 1 aromatic carbocycles. The molecule has 2 fully saturated rings. The molecule has 0 aliphatic carbocycles. The van der Waals surface area contributed by atoms with Crippen LogP contribution in [0.1, 0.15) is 48.0 Å². The summed E-state index contributed by atoms with van der Waals surface area (Å²) in [5.74, 6) is -1.85. The lowest BCUT2D eigenvalue weighted by Crippen LogP contribution is -2.50. The number of rotatable bonds is 2. The summed E-state index contributed by atoms with van der Waals surface area (Å²) in [5.41, 5.74) is -1.57. The predicted molar refractivity (Wildman–Crippen MR) is 73.0 cm³/mol. The molecule has 2 heterocycles. The van der Waals surface area contributed by atoms with E-state index in [0.29, 0.717) is 18.9 Å². The monoisotopic (exact) mass is 315 g/mol. The van der Waals surface area contributed by atoms with Gasteiger partial charge in [-0.15, -0.1) is 0 Å². The molecule has 0 aromatic heterocycles. The highest BCUT2D eigenvalue weighted by Gasteiger charge is 2.40. The molecule has 2 aliphatic heterocycles. The van der Waals surface area contributed by atoms with E-state index in [1.165, 1.54) is 0 Å². The summed E-state index contributed by atoms with van der Waals surface area (Å²) in [7, 11) is 0. The van der Waals surface area contributed by atoms with Crippen LogP contribution in [-0.4, -0.2) is 17.9 Å². The zero-order valence-electron chi connectivity index (χ0n) is 11.9.